The third-order valence-electron chi connectivity index (χ3n) is 11.2. The number of fused-ring (bicyclic) bond motifs is 9. The van der Waals surface area contributed by atoms with Crippen molar-refractivity contribution in [3.8, 4) is 45.5 Å². The topological polar surface area (TPSA) is 61.7 Å². The zero-order valence-electron chi connectivity index (χ0n) is 30.5. The lowest BCUT2D eigenvalue weighted by atomic mass is 9.98. The Kier molecular flexibility index (Phi) is 6.83. The van der Waals surface area contributed by atoms with Crippen LogP contribution in [0, 0.1) is 0 Å². The Labute approximate surface area is 326 Å². The molecule has 0 atom stereocenters. The molecule has 0 aliphatic rings. The minimum absolute atomic E-state index is 0.561. The molecule has 0 bridgehead atoms. The molecule has 266 valence electrons. The number of nitrogens with zero attached hydrogens (tertiary/aromatic N) is 5. The van der Waals surface area contributed by atoms with Crippen molar-refractivity contribution in [2.45, 2.75) is 0 Å². The van der Waals surface area contributed by atoms with Gasteiger partial charge in [0.05, 0.1) is 22.1 Å². The molecule has 0 amide bonds. The summed E-state index contributed by atoms with van der Waals surface area (Å²) in [4.78, 5) is 15.8. The molecule has 57 heavy (non-hydrogen) atoms. The fraction of sp³-hybridized carbons (Fsp3) is 0. The van der Waals surface area contributed by atoms with Crippen molar-refractivity contribution in [2.24, 2.45) is 0 Å². The maximum Gasteiger partial charge on any atom is 0.240 e. The van der Waals surface area contributed by atoms with Gasteiger partial charge in [-0.1, -0.05) is 140 Å². The molecule has 12 aromatic rings. The van der Waals surface area contributed by atoms with E-state index in [0.29, 0.717) is 17.7 Å². The number of rotatable bonds is 5. The SMILES string of the molecule is c1cc(-c2ccc(-c3ccc4oc5ccccc5c4c3)cc2)cc(-c2nc(-n3c4ccccc4c4ccccc43)nc(-n3c4ccccc4c4ccccc43)n2)c1. The fourth-order valence-electron chi connectivity index (χ4n) is 8.56. The van der Waals surface area contributed by atoms with Gasteiger partial charge in [0.25, 0.3) is 0 Å². The maximum absolute atomic E-state index is 6.08. The van der Waals surface area contributed by atoms with E-state index in [0.717, 1.165) is 93.4 Å². The molecular weight excluding hydrogens is 699 g/mol. The quantitative estimate of drug-likeness (QED) is 0.177. The molecule has 0 saturated carbocycles. The van der Waals surface area contributed by atoms with Gasteiger partial charge in [-0.05, 0) is 70.8 Å². The Morgan fingerprint density at radius 1 is 0.298 bits per heavy atom. The first-order valence-electron chi connectivity index (χ1n) is 19.1. The summed E-state index contributed by atoms with van der Waals surface area (Å²) in [6.45, 7) is 0. The van der Waals surface area contributed by atoms with Crippen LogP contribution < -0.4 is 0 Å². The number of hydrogen-bond donors (Lipinski definition) is 0. The van der Waals surface area contributed by atoms with Crippen LogP contribution in [-0.4, -0.2) is 24.1 Å². The summed E-state index contributed by atoms with van der Waals surface area (Å²) >= 11 is 0. The van der Waals surface area contributed by atoms with E-state index in [4.69, 9.17) is 19.4 Å². The van der Waals surface area contributed by atoms with Crippen molar-refractivity contribution in [1.82, 2.24) is 24.1 Å². The van der Waals surface area contributed by atoms with E-state index in [-0.39, 0.29) is 0 Å². The van der Waals surface area contributed by atoms with Gasteiger partial charge in [-0.2, -0.15) is 15.0 Å². The summed E-state index contributed by atoms with van der Waals surface area (Å²) in [6, 6.07) is 65.7. The molecule has 6 nitrogen and oxygen atoms in total. The standard InChI is InChI=1S/C51H31N5O/c1-6-19-43-37(14-1)38-15-2-7-20-44(38)55(43)50-52-49(53-51(54-50)56-45-21-8-3-16-39(45)40-17-4-9-22-46(40)56)36-13-11-12-34(30-36)32-24-26-33(27-25-32)35-28-29-48-42(31-35)41-18-5-10-23-47(41)57-48/h1-31H. The van der Waals surface area contributed by atoms with E-state index >= 15 is 0 Å². The maximum atomic E-state index is 6.08. The van der Waals surface area contributed by atoms with Crippen LogP contribution in [0.15, 0.2) is 192 Å². The average molecular weight is 730 g/mol. The number of furan rings is 1. The molecule has 0 unspecified atom stereocenters. The molecule has 0 aliphatic carbocycles. The average Bonchev–Trinajstić information content (AvgIpc) is 3.94. The third kappa shape index (κ3) is 4.94. The molecular formula is C51H31N5O. The molecule has 6 heteroatoms. The summed E-state index contributed by atoms with van der Waals surface area (Å²) in [5.41, 5.74) is 11.3. The Hall–Kier alpha value is -7.83. The second-order valence-corrected chi connectivity index (χ2v) is 14.5. The molecule has 0 fully saturated rings. The number of para-hydroxylation sites is 5. The monoisotopic (exact) mass is 729 g/mol. The second kappa shape index (κ2) is 12.3. The summed E-state index contributed by atoms with van der Waals surface area (Å²) in [6.07, 6.45) is 0. The van der Waals surface area contributed by atoms with Gasteiger partial charge >= 0.3 is 0 Å². The zero-order chi connectivity index (χ0) is 37.5. The van der Waals surface area contributed by atoms with Gasteiger partial charge < -0.3 is 4.42 Å². The van der Waals surface area contributed by atoms with Gasteiger partial charge in [0, 0.05) is 37.9 Å². The van der Waals surface area contributed by atoms with Gasteiger partial charge in [-0.25, -0.2) is 0 Å². The molecule has 0 N–H and O–H groups in total. The van der Waals surface area contributed by atoms with Gasteiger partial charge in [0.15, 0.2) is 5.82 Å². The molecule has 4 aromatic heterocycles. The van der Waals surface area contributed by atoms with E-state index < -0.39 is 0 Å². The second-order valence-electron chi connectivity index (χ2n) is 14.5. The van der Waals surface area contributed by atoms with Crippen molar-refractivity contribution in [1.29, 1.82) is 0 Å². The summed E-state index contributed by atoms with van der Waals surface area (Å²) in [5, 5.41) is 6.85. The van der Waals surface area contributed by atoms with Crippen molar-refractivity contribution < 1.29 is 4.42 Å². The van der Waals surface area contributed by atoms with Gasteiger partial charge in [-0.15, -0.1) is 0 Å². The predicted octanol–water partition coefficient (Wildman–Crippen LogP) is 13.0. The minimum Gasteiger partial charge on any atom is -0.456 e. The largest absolute Gasteiger partial charge is 0.456 e. The highest BCUT2D eigenvalue weighted by Gasteiger charge is 2.20. The summed E-state index contributed by atoms with van der Waals surface area (Å²) in [7, 11) is 0. The molecule has 12 rings (SSSR count). The zero-order valence-corrected chi connectivity index (χ0v) is 30.5. The Morgan fingerprint density at radius 2 is 0.719 bits per heavy atom. The van der Waals surface area contributed by atoms with Crippen LogP contribution in [0.25, 0.3) is 111 Å². The lowest BCUT2D eigenvalue weighted by Crippen LogP contribution is -2.10. The highest BCUT2D eigenvalue weighted by atomic mass is 16.3. The van der Waals surface area contributed by atoms with Crippen LogP contribution in [0.4, 0.5) is 0 Å². The Bertz CT molecular complexity index is 3300. The molecule has 0 radical (unpaired) electrons. The van der Waals surface area contributed by atoms with E-state index in [1.807, 2.05) is 12.1 Å². The van der Waals surface area contributed by atoms with Crippen LogP contribution >= 0.6 is 0 Å². The summed E-state index contributed by atoms with van der Waals surface area (Å²) < 4.78 is 10.4. The highest BCUT2D eigenvalue weighted by molar-refractivity contribution is 6.10. The lowest BCUT2D eigenvalue weighted by molar-refractivity contribution is 0.669. The van der Waals surface area contributed by atoms with Crippen LogP contribution in [-0.2, 0) is 0 Å². The van der Waals surface area contributed by atoms with Crippen LogP contribution in [0.1, 0.15) is 0 Å². The van der Waals surface area contributed by atoms with Gasteiger partial charge in [0.1, 0.15) is 11.2 Å². The first-order chi connectivity index (χ1) is 28.2. The summed E-state index contributed by atoms with van der Waals surface area (Å²) in [5.74, 6) is 1.72. The van der Waals surface area contributed by atoms with Crippen LogP contribution in [0.2, 0.25) is 0 Å². The number of benzene rings is 8. The van der Waals surface area contributed by atoms with E-state index in [2.05, 4.69) is 185 Å². The van der Waals surface area contributed by atoms with Crippen molar-refractivity contribution in [3.05, 3.63) is 188 Å². The molecule has 0 aliphatic heterocycles. The Morgan fingerprint density at radius 3 is 1.26 bits per heavy atom. The van der Waals surface area contributed by atoms with E-state index in [9.17, 15) is 0 Å². The molecule has 0 saturated heterocycles. The van der Waals surface area contributed by atoms with E-state index in [1.165, 1.54) is 0 Å². The van der Waals surface area contributed by atoms with Crippen molar-refractivity contribution >= 4 is 65.6 Å². The minimum atomic E-state index is 0.561. The lowest BCUT2D eigenvalue weighted by Gasteiger charge is -2.13. The normalized spacial score (nSPS) is 11.9. The Balaban J connectivity index is 1.02. The first-order valence-corrected chi connectivity index (χ1v) is 19.1. The predicted molar refractivity (Wildman–Crippen MR) is 232 cm³/mol. The molecule has 8 aromatic carbocycles. The third-order valence-corrected chi connectivity index (χ3v) is 11.2. The van der Waals surface area contributed by atoms with Gasteiger partial charge in [-0.3, -0.25) is 9.13 Å². The smallest absolute Gasteiger partial charge is 0.240 e. The first kappa shape index (κ1) is 31.5. The fourth-order valence-corrected chi connectivity index (χ4v) is 8.56. The van der Waals surface area contributed by atoms with Crippen molar-refractivity contribution in [2.75, 3.05) is 0 Å². The van der Waals surface area contributed by atoms with Crippen LogP contribution in [0.5, 0.6) is 0 Å². The number of aromatic nitrogens is 5. The van der Waals surface area contributed by atoms with Crippen LogP contribution in [0.3, 0.4) is 0 Å². The molecule has 4 heterocycles. The molecule has 0 spiro atoms. The number of hydrogen-bond acceptors (Lipinski definition) is 4. The van der Waals surface area contributed by atoms with E-state index in [1.54, 1.807) is 0 Å². The highest BCUT2D eigenvalue weighted by Crippen LogP contribution is 2.36. The van der Waals surface area contributed by atoms with Gasteiger partial charge in [0.2, 0.25) is 11.9 Å². The van der Waals surface area contributed by atoms with Crippen molar-refractivity contribution in [3.63, 3.8) is 0 Å².